The number of aryl methyl sites for hydroxylation is 1. The van der Waals surface area contributed by atoms with Crippen LogP contribution in [0.25, 0.3) is 5.76 Å². The average molecular weight is 538 g/mol. The first-order chi connectivity index (χ1) is 17.5. The molecule has 0 bridgehead atoms. The Morgan fingerprint density at radius 1 is 0.973 bits per heavy atom. The summed E-state index contributed by atoms with van der Waals surface area (Å²) in [4.78, 5) is 28.3. The van der Waals surface area contributed by atoms with Crippen LogP contribution in [0.3, 0.4) is 0 Å². The summed E-state index contributed by atoms with van der Waals surface area (Å²) in [6.07, 6.45) is 0.845. The molecule has 3 aromatic carbocycles. The van der Waals surface area contributed by atoms with E-state index in [-0.39, 0.29) is 38.1 Å². The van der Waals surface area contributed by atoms with Gasteiger partial charge in [-0.3, -0.25) is 14.5 Å². The van der Waals surface area contributed by atoms with Gasteiger partial charge in [-0.25, -0.2) is 0 Å². The maximum absolute atomic E-state index is 13.4. The SMILES string of the molecule is CCc1ccc(C2/C(=C(\O)c3cc(Cl)c(OC)c(Cl)c3)C(=O)C(=O)N2c2ccc(C(C)(C)C)cc2)cc1. The fourth-order valence-electron chi connectivity index (χ4n) is 4.52. The third kappa shape index (κ3) is 4.98. The minimum absolute atomic E-state index is 0.0357. The normalized spacial score (nSPS) is 17.4. The van der Waals surface area contributed by atoms with Crippen LogP contribution in [-0.4, -0.2) is 23.9 Å². The molecule has 1 atom stereocenters. The Morgan fingerprint density at radius 2 is 1.54 bits per heavy atom. The Labute approximate surface area is 227 Å². The zero-order chi connectivity index (χ0) is 27.1. The lowest BCUT2D eigenvalue weighted by molar-refractivity contribution is -0.132. The van der Waals surface area contributed by atoms with Crippen LogP contribution < -0.4 is 9.64 Å². The monoisotopic (exact) mass is 537 g/mol. The van der Waals surface area contributed by atoms with Crippen molar-refractivity contribution >= 4 is 46.3 Å². The molecule has 1 aliphatic rings. The highest BCUT2D eigenvalue weighted by molar-refractivity contribution is 6.51. The van der Waals surface area contributed by atoms with Crippen LogP contribution in [0.4, 0.5) is 5.69 Å². The summed E-state index contributed by atoms with van der Waals surface area (Å²) in [6.45, 7) is 8.37. The van der Waals surface area contributed by atoms with Crippen LogP contribution in [0.15, 0.2) is 66.2 Å². The van der Waals surface area contributed by atoms with E-state index in [0.29, 0.717) is 11.3 Å². The second kappa shape index (κ2) is 10.2. The molecule has 4 rings (SSSR count). The summed E-state index contributed by atoms with van der Waals surface area (Å²) in [5.74, 6) is -1.61. The van der Waals surface area contributed by atoms with Crippen molar-refractivity contribution in [2.24, 2.45) is 0 Å². The van der Waals surface area contributed by atoms with Crippen LogP contribution in [-0.2, 0) is 21.4 Å². The number of halogens is 2. The summed E-state index contributed by atoms with van der Waals surface area (Å²) in [7, 11) is 1.43. The van der Waals surface area contributed by atoms with E-state index < -0.39 is 17.7 Å². The fraction of sp³-hybridized carbons (Fsp3) is 0.267. The van der Waals surface area contributed by atoms with Crippen molar-refractivity contribution in [3.63, 3.8) is 0 Å². The number of carbonyl (C=O) groups excluding carboxylic acids is 2. The van der Waals surface area contributed by atoms with Gasteiger partial charge in [-0.05, 0) is 52.8 Å². The molecule has 0 aliphatic carbocycles. The number of hydrogen-bond donors (Lipinski definition) is 1. The number of anilines is 1. The number of Topliss-reactive ketones (excluding diaryl/α,β-unsaturated/α-hetero) is 1. The largest absolute Gasteiger partial charge is 0.507 e. The number of rotatable bonds is 5. The number of hydrogen-bond acceptors (Lipinski definition) is 4. The van der Waals surface area contributed by atoms with Gasteiger partial charge in [-0.1, -0.05) is 87.3 Å². The highest BCUT2D eigenvalue weighted by Crippen LogP contribution is 2.44. The molecular weight excluding hydrogens is 509 g/mol. The molecule has 1 saturated heterocycles. The first kappa shape index (κ1) is 26.8. The molecule has 1 heterocycles. The summed E-state index contributed by atoms with van der Waals surface area (Å²) in [6, 6.07) is 17.3. The second-order valence-corrected chi connectivity index (χ2v) is 10.8. The lowest BCUT2D eigenvalue weighted by atomic mass is 9.87. The van der Waals surface area contributed by atoms with Gasteiger partial charge in [0.15, 0.2) is 5.75 Å². The molecule has 1 aliphatic heterocycles. The number of aliphatic hydroxyl groups excluding tert-OH is 1. The minimum Gasteiger partial charge on any atom is -0.507 e. The highest BCUT2D eigenvalue weighted by Gasteiger charge is 2.47. The van der Waals surface area contributed by atoms with Crippen molar-refractivity contribution in [1.82, 2.24) is 0 Å². The molecule has 1 N–H and O–H groups in total. The Kier molecular flexibility index (Phi) is 7.40. The third-order valence-corrected chi connectivity index (χ3v) is 7.20. The molecule has 1 unspecified atom stereocenters. The van der Waals surface area contributed by atoms with E-state index in [4.69, 9.17) is 27.9 Å². The van der Waals surface area contributed by atoms with E-state index in [0.717, 1.165) is 17.5 Å². The average Bonchev–Trinajstić information content (AvgIpc) is 3.13. The van der Waals surface area contributed by atoms with Crippen molar-refractivity contribution in [2.75, 3.05) is 12.0 Å². The Bertz CT molecular complexity index is 1360. The quantitative estimate of drug-likeness (QED) is 0.208. The number of methoxy groups -OCH3 is 1. The van der Waals surface area contributed by atoms with Crippen molar-refractivity contribution in [2.45, 2.75) is 45.6 Å². The zero-order valence-corrected chi connectivity index (χ0v) is 22.9. The summed E-state index contributed by atoms with van der Waals surface area (Å²) in [5, 5.41) is 11.7. The smallest absolute Gasteiger partial charge is 0.300 e. The van der Waals surface area contributed by atoms with E-state index in [1.807, 2.05) is 48.5 Å². The van der Waals surface area contributed by atoms with Crippen LogP contribution >= 0.6 is 23.2 Å². The van der Waals surface area contributed by atoms with Crippen LogP contribution in [0.2, 0.25) is 10.0 Å². The van der Waals surface area contributed by atoms with Gasteiger partial charge in [-0.15, -0.1) is 0 Å². The fourth-order valence-corrected chi connectivity index (χ4v) is 5.16. The summed E-state index contributed by atoms with van der Waals surface area (Å²) in [5.41, 5.74) is 3.57. The van der Waals surface area contributed by atoms with Gasteiger partial charge < -0.3 is 9.84 Å². The number of nitrogens with zero attached hydrogens (tertiary/aromatic N) is 1. The van der Waals surface area contributed by atoms with E-state index in [1.165, 1.54) is 24.1 Å². The second-order valence-electron chi connectivity index (χ2n) is 10.0. The molecule has 0 saturated carbocycles. The van der Waals surface area contributed by atoms with Gasteiger partial charge in [-0.2, -0.15) is 0 Å². The molecule has 5 nitrogen and oxygen atoms in total. The lowest BCUT2D eigenvalue weighted by Crippen LogP contribution is -2.29. The predicted octanol–water partition coefficient (Wildman–Crippen LogP) is 7.49. The molecule has 0 aromatic heterocycles. The minimum atomic E-state index is -0.842. The number of benzene rings is 3. The predicted molar refractivity (Wildman–Crippen MR) is 149 cm³/mol. The van der Waals surface area contributed by atoms with E-state index >= 15 is 0 Å². The number of carbonyl (C=O) groups is 2. The Balaban J connectivity index is 1.92. The van der Waals surface area contributed by atoms with Crippen molar-refractivity contribution < 1.29 is 19.4 Å². The van der Waals surface area contributed by atoms with Gasteiger partial charge in [0.2, 0.25) is 0 Å². The molecule has 7 heteroatoms. The number of aliphatic hydroxyl groups is 1. The molecule has 37 heavy (non-hydrogen) atoms. The first-order valence-electron chi connectivity index (χ1n) is 12.0. The van der Waals surface area contributed by atoms with Gasteiger partial charge in [0.1, 0.15) is 5.76 Å². The van der Waals surface area contributed by atoms with Crippen LogP contribution in [0.5, 0.6) is 5.75 Å². The standard InChI is InChI=1S/C30H29Cl2NO4/c1-6-17-7-9-18(10-8-17)25-24(26(34)19-15-22(31)28(37-5)23(32)16-19)27(35)29(36)33(25)21-13-11-20(12-14-21)30(2,3)4/h7-16,25,34H,6H2,1-5H3/b26-24+. The topological polar surface area (TPSA) is 66.8 Å². The summed E-state index contributed by atoms with van der Waals surface area (Å²) < 4.78 is 5.20. The maximum Gasteiger partial charge on any atom is 0.300 e. The summed E-state index contributed by atoms with van der Waals surface area (Å²) >= 11 is 12.6. The Hall–Kier alpha value is -3.28. The zero-order valence-electron chi connectivity index (χ0n) is 21.4. The number of ketones is 1. The first-order valence-corrected chi connectivity index (χ1v) is 12.8. The number of amides is 1. The molecule has 0 spiro atoms. The van der Waals surface area contributed by atoms with Crippen molar-refractivity contribution in [3.8, 4) is 5.75 Å². The van der Waals surface area contributed by atoms with Crippen molar-refractivity contribution in [3.05, 3.63) is 98.5 Å². The van der Waals surface area contributed by atoms with Gasteiger partial charge in [0.25, 0.3) is 11.7 Å². The molecule has 1 amide bonds. The van der Waals surface area contributed by atoms with Gasteiger partial charge in [0.05, 0.1) is 28.8 Å². The van der Waals surface area contributed by atoms with E-state index in [1.54, 1.807) is 0 Å². The van der Waals surface area contributed by atoms with Gasteiger partial charge >= 0.3 is 0 Å². The highest BCUT2D eigenvalue weighted by atomic mass is 35.5. The maximum atomic E-state index is 13.4. The van der Waals surface area contributed by atoms with Gasteiger partial charge in [0, 0.05) is 11.3 Å². The van der Waals surface area contributed by atoms with Crippen molar-refractivity contribution in [1.29, 1.82) is 0 Å². The molecule has 0 radical (unpaired) electrons. The Morgan fingerprint density at radius 3 is 2.03 bits per heavy atom. The lowest BCUT2D eigenvalue weighted by Gasteiger charge is -2.27. The van der Waals surface area contributed by atoms with Crippen LogP contribution in [0, 0.1) is 0 Å². The molecule has 1 fully saturated rings. The molecule has 192 valence electrons. The van der Waals surface area contributed by atoms with Crippen LogP contribution in [0.1, 0.15) is 56.0 Å². The van der Waals surface area contributed by atoms with E-state index in [9.17, 15) is 14.7 Å². The van der Waals surface area contributed by atoms with E-state index in [2.05, 4.69) is 27.7 Å². The number of ether oxygens (including phenoxy) is 1. The third-order valence-electron chi connectivity index (χ3n) is 6.64. The molecule has 3 aromatic rings. The molecular formula is C30H29Cl2NO4.